The highest BCUT2D eigenvalue weighted by atomic mass is 32.1. The van der Waals surface area contributed by atoms with Crippen molar-refractivity contribution in [1.82, 2.24) is 5.16 Å². The van der Waals surface area contributed by atoms with E-state index in [1.54, 1.807) is 13.8 Å². The molecule has 0 atom stereocenters. The summed E-state index contributed by atoms with van der Waals surface area (Å²) in [6.07, 6.45) is 0.682. The van der Waals surface area contributed by atoms with E-state index in [0.29, 0.717) is 34.0 Å². The van der Waals surface area contributed by atoms with Crippen LogP contribution < -0.4 is 11.1 Å². The molecule has 6 nitrogen and oxygen atoms in total. The van der Waals surface area contributed by atoms with Gasteiger partial charge in [-0.3, -0.25) is 9.59 Å². The molecule has 2 amide bonds. The van der Waals surface area contributed by atoms with Crippen molar-refractivity contribution in [3.8, 4) is 0 Å². The van der Waals surface area contributed by atoms with Crippen molar-refractivity contribution >= 4 is 28.2 Å². The van der Waals surface area contributed by atoms with Gasteiger partial charge >= 0.3 is 0 Å². The molecule has 0 aromatic carbocycles. The minimum absolute atomic E-state index is 0.349. The van der Waals surface area contributed by atoms with Crippen molar-refractivity contribution in [2.75, 3.05) is 5.32 Å². The van der Waals surface area contributed by atoms with Gasteiger partial charge in [-0.05, 0) is 32.8 Å². The third-order valence-electron chi connectivity index (χ3n) is 3.30. The number of rotatable bonds is 4. The zero-order valence-corrected chi connectivity index (χ0v) is 13.2. The molecular weight excluding hydrogens is 290 g/mol. The quantitative estimate of drug-likeness (QED) is 0.907. The van der Waals surface area contributed by atoms with Gasteiger partial charge in [-0.2, -0.15) is 0 Å². The molecule has 7 heteroatoms. The first kappa shape index (κ1) is 15.2. The van der Waals surface area contributed by atoms with Crippen molar-refractivity contribution in [2.45, 2.75) is 34.1 Å². The Labute approximate surface area is 126 Å². The molecule has 0 fully saturated rings. The summed E-state index contributed by atoms with van der Waals surface area (Å²) in [6, 6.07) is 0. The smallest absolute Gasteiger partial charge is 0.261 e. The second kappa shape index (κ2) is 5.69. The van der Waals surface area contributed by atoms with Crippen LogP contribution in [0.4, 0.5) is 5.00 Å². The second-order valence-corrected chi connectivity index (χ2v) is 5.94. The Morgan fingerprint density at radius 3 is 2.43 bits per heavy atom. The maximum Gasteiger partial charge on any atom is 0.261 e. The molecule has 2 rings (SSSR count). The maximum atomic E-state index is 12.3. The third-order valence-corrected chi connectivity index (χ3v) is 4.36. The van der Waals surface area contributed by atoms with E-state index in [1.807, 2.05) is 13.8 Å². The average Bonchev–Trinajstić information content (AvgIpc) is 2.89. The van der Waals surface area contributed by atoms with E-state index in [1.165, 1.54) is 11.3 Å². The monoisotopic (exact) mass is 307 g/mol. The summed E-state index contributed by atoms with van der Waals surface area (Å²) in [7, 11) is 0. The van der Waals surface area contributed by atoms with Gasteiger partial charge in [-0.15, -0.1) is 11.3 Å². The summed E-state index contributed by atoms with van der Waals surface area (Å²) >= 11 is 1.35. The number of amides is 2. The number of nitrogens with one attached hydrogen (secondary N) is 1. The molecule has 0 aliphatic rings. The molecule has 2 heterocycles. The number of nitrogens with two attached hydrogens (primary N) is 1. The molecule has 0 saturated heterocycles. The molecular formula is C14H17N3O3S. The van der Waals surface area contributed by atoms with Crippen molar-refractivity contribution in [3.05, 3.63) is 33.0 Å². The predicted molar refractivity (Wildman–Crippen MR) is 80.9 cm³/mol. The lowest BCUT2D eigenvalue weighted by Gasteiger charge is -2.05. The Morgan fingerprint density at radius 1 is 1.29 bits per heavy atom. The van der Waals surface area contributed by atoms with E-state index in [4.69, 9.17) is 10.3 Å². The van der Waals surface area contributed by atoms with Crippen LogP contribution in [0.5, 0.6) is 0 Å². The molecule has 0 aliphatic carbocycles. The number of hydrogen-bond donors (Lipinski definition) is 2. The zero-order valence-electron chi connectivity index (χ0n) is 12.4. The van der Waals surface area contributed by atoms with Gasteiger partial charge in [-0.1, -0.05) is 12.1 Å². The minimum Gasteiger partial charge on any atom is -0.365 e. The molecule has 0 saturated carbocycles. The topological polar surface area (TPSA) is 98.2 Å². The Morgan fingerprint density at radius 2 is 1.95 bits per heavy atom. The fourth-order valence-electron chi connectivity index (χ4n) is 2.33. The average molecular weight is 307 g/mol. The van der Waals surface area contributed by atoms with Gasteiger partial charge in [0, 0.05) is 4.88 Å². The van der Waals surface area contributed by atoms with Crippen molar-refractivity contribution in [1.29, 1.82) is 0 Å². The number of hydrogen-bond acceptors (Lipinski definition) is 5. The normalized spacial score (nSPS) is 10.7. The number of aromatic nitrogens is 1. The molecule has 2 aromatic heterocycles. The summed E-state index contributed by atoms with van der Waals surface area (Å²) in [5, 5.41) is 6.98. The highest BCUT2D eigenvalue weighted by molar-refractivity contribution is 7.16. The first-order valence-electron chi connectivity index (χ1n) is 6.53. The Hall–Kier alpha value is -2.15. The summed E-state index contributed by atoms with van der Waals surface area (Å²) in [5.41, 5.74) is 7.60. The van der Waals surface area contributed by atoms with Crippen LogP contribution in [0.1, 0.15) is 49.5 Å². The van der Waals surface area contributed by atoms with Gasteiger partial charge in [0.2, 0.25) is 0 Å². The van der Waals surface area contributed by atoms with E-state index in [9.17, 15) is 9.59 Å². The van der Waals surface area contributed by atoms with Crippen LogP contribution in [0.2, 0.25) is 0 Å². The lowest BCUT2D eigenvalue weighted by molar-refractivity contribution is 0.100. The van der Waals surface area contributed by atoms with E-state index < -0.39 is 5.91 Å². The third kappa shape index (κ3) is 2.69. The number of anilines is 1. The maximum absolute atomic E-state index is 12.3. The largest absolute Gasteiger partial charge is 0.365 e. The standard InChI is InChI=1S/C14H17N3O3S/c1-5-9-8(4)21-14(11(9)12(15)18)16-13(19)10-6(2)17-20-7(10)3/h5H2,1-4H3,(H2,15,18)(H,16,19). The number of primary amides is 1. The summed E-state index contributed by atoms with van der Waals surface area (Å²) < 4.78 is 4.98. The molecule has 2 aromatic rings. The fraction of sp³-hybridized carbons (Fsp3) is 0.357. The first-order valence-corrected chi connectivity index (χ1v) is 7.34. The molecule has 112 valence electrons. The molecule has 0 bridgehead atoms. The number of carbonyl (C=O) groups excluding carboxylic acids is 2. The van der Waals surface area contributed by atoms with Crippen molar-refractivity contribution in [2.24, 2.45) is 5.73 Å². The highest BCUT2D eigenvalue weighted by Gasteiger charge is 2.23. The van der Waals surface area contributed by atoms with Gasteiger partial charge in [0.05, 0.1) is 11.3 Å². The van der Waals surface area contributed by atoms with E-state index >= 15 is 0 Å². The van der Waals surface area contributed by atoms with Gasteiger partial charge < -0.3 is 15.6 Å². The van der Waals surface area contributed by atoms with Crippen LogP contribution in [-0.4, -0.2) is 17.0 Å². The van der Waals surface area contributed by atoms with Gasteiger partial charge in [0.1, 0.15) is 16.3 Å². The van der Waals surface area contributed by atoms with E-state index in [-0.39, 0.29) is 5.91 Å². The number of carbonyl (C=O) groups is 2. The fourth-order valence-corrected chi connectivity index (χ4v) is 3.47. The molecule has 0 spiro atoms. The van der Waals surface area contributed by atoms with Gasteiger partial charge in [0.25, 0.3) is 11.8 Å². The van der Waals surface area contributed by atoms with Gasteiger partial charge in [0.15, 0.2) is 0 Å². The number of thiophene rings is 1. The summed E-state index contributed by atoms with van der Waals surface area (Å²) in [4.78, 5) is 25.0. The van der Waals surface area contributed by atoms with E-state index in [0.717, 1.165) is 10.4 Å². The number of aryl methyl sites for hydroxylation is 3. The van der Waals surface area contributed by atoms with Crippen LogP contribution in [0, 0.1) is 20.8 Å². The van der Waals surface area contributed by atoms with Crippen LogP contribution in [0.3, 0.4) is 0 Å². The van der Waals surface area contributed by atoms with Crippen LogP contribution >= 0.6 is 11.3 Å². The van der Waals surface area contributed by atoms with Gasteiger partial charge in [-0.25, -0.2) is 0 Å². The number of nitrogens with zero attached hydrogens (tertiary/aromatic N) is 1. The molecule has 0 unspecified atom stereocenters. The lowest BCUT2D eigenvalue weighted by Crippen LogP contribution is -2.18. The molecule has 0 aliphatic heterocycles. The Balaban J connectivity index is 2.41. The SMILES string of the molecule is CCc1c(C)sc(NC(=O)c2c(C)noc2C)c1C(N)=O. The van der Waals surface area contributed by atoms with Crippen LogP contribution in [0.15, 0.2) is 4.52 Å². The Bertz CT molecular complexity index is 696. The second-order valence-electron chi connectivity index (χ2n) is 4.71. The minimum atomic E-state index is -0.537. The molecule has 21 heavy (non-hydrogen) atoms. The molecule has 3 N–H and O–H groups in total. The van der Waals surface area contributed by atoms with Crippen molar-refractivity contribution in [3.63, 3.8) is 0 Å². The van der Waals surface area contributed by atoms with Crippen molar-refractivity contribution < 1.29 is 14.1 Å². The molecule has 0 radical (unpaired) electrons. The summed E-state index contributed by atoms with van der Waals surface area (Å²) in [6.45, 7) is 7.21. The van der Waals surface area contributed by atoms with Crippen LogP contribution in [0.25, 0.3) is 0 Å². The highest BCUT2D eigenvalue weighted by Crippen LogP contribution is 2.33. The zero-order chi connectivity index (χ0) is 15.7. The van der Waals surface area contributed by atoms with E-state index in [2.05, 4.69) is 10.5 Å². The predicted octanol–water partition coefficient (Wildman–Crippen LogP) is 2.57. The Kier molecular flexibility index (Phi) is 4.13. The van der Waals surface area contributed by atoms with Crippen LogP contribution in [-0.2, 0) is 6.42 Å². The summed E-state index contributed by atoms with van der Waals surface area (Å²) in [5.74, 6) is -0.447. The lowest BCUT2D eigenvalue weighted by atomic mass is 10.1. The first-order chi connectivity index (χ1) is 9.86.